The first kappa shape index (κ1) is 12.9. The van der Waals surface area contributed by atoms with E-state index in [0.29, 0.717) is 11.4 Å². The minimum Gasteiger partial charge on any atom is -0.393 e. The predicted octanol–water partition coefficient (Wildman–Crippen LogP) is 2.23. The Morgan fingerprint density at radius 1 is 1.37 bits per heavy atom. The molecule has 3 N–H and O–H groups in total. The maximum atomic E-state index is 12.0. The number of hydrogen-bond donors (Lipinski definition) is 3. The lowest BCUT2D eigenvalue weighted by Crippen LogP contribution is -2.40. The first-order valence-corrected chi connectivity index (χ1v) is 7.05. The lowest BCUT2D eigenvalue weighted by molar-refractivity contribution is -0.118. The zero-order chi connectivity index (χ0) is 13.4. The van der Waals surface area contributed by atoms with Gasteiger partial charge < -0.3 is 10.4 Å². The van der Waals surface area contributed by atoms with Gasteiger partial charge in [-0.2, -0.15) is 0 Å². The van der Waals surface area contributed by atoms with Gasteiger partial charge >= 0.3 is 0 Å². The van der Waals surface area contributed by atoms with Crippen LogP contribution in [0.15, 0.2) is 18.2 Å². The highest BCUT2D eigenvalue weighted by atomic mass is 35.5. The third-order valence-corrected chi connectivity index (χ3v) is 4.13. The maximum absolute atomic E-state index is 12.0. The van der Waals surface area contributed by atoms with Crippen LogP contribution in [0.2, 0.25) is 5.02 Å². The summed E-state index contributed by atoms with van der Waals surface area (Å²) >= 11 is 6.00. The fourth-order valence-electron chi connectivity index (χ4n) is 2.95. The van der Waals surface area contributed by atoms with Crippen LogP contribution in [0.1, 0.15) is 37.3 Å². The standard InChI is InChI=1S/C14H17ClN2O2/c15-8-4-5-12-11(6-8)13(14(19)17-12)16-9-2-1-3-10(18)7-9/h4-6,9-10,13,16,18H,1-3,7H2,(H,17,19). The molecule has 0 spiro atoms. The summed E-state index contributed by atoms with van der Waals surface area (Å²) in [6, 6.07) is 5.25. The second-order valence-corrected chi connectivity index (χ2v) is 5.77. The van der Waals surface area contributed by atoms with Gasteiger partial charge in [0.25, 0.3) is 0 Å². The van der Waals surface area contributed by atoms with E-state index in [0.717, 1.165) is 30.5 Å². The summed E-state index contributed by atoms with van der Waals surface area (Å²) < 4.78 is 0. The third-order valence-electron chi connectivity index (χ3n) is 3.89. The van der Waals surface area contributed by atoms with Crippen molar-refractivity contribution in [3.8, 4) is 0 Å². The molecule has 3 rings (SSSR count). The number of anilines is 1. The first-order chi connectivity index (χ1) is 9.13. The van der Waals surface area contributed by atoms with Crippen molar-refractivity contribution in [1.82, 2.24) is 5.32 Å². The molecule has 0 saturated heterocycles. The number of rotatable bonds is 2. The predicted molar refractivity (Wildman–Crippen MR) is 74.2 cm³/mol. The van der Waals surface area contributed by atoms with Crippen molar-refractivity contribution < 1.29 is 9.90 Å². The molecule has 102 valence electrons. The van der Waals surface area contributed by atoms with Crippen molar-refractivity contribution >= 4 is 23.2 Å². The molecule has 1 heterocycles. The number of benzene rings is 1. The number of carbonyl (C=O) groups excluding carboxylic acids is 1. The summed E-state index contributed by atoms with van der Waals surface area (Å²) in [7, 11) is 0. The van der Waals surface area contributed by atoms with Crippen molar-refractivity contribution in [3.05, 3.63) is 28.8 Å². The van der Waals surface area contributed by atoms with Gasteiger partial charge in [-0.3, -0.25) is 10.1 Å². The average molecular weight is 281 g/mol. The normalized spacial score (nSPS) is 30.0. The Balaban J connectivity index is 1.78. The molecule has 1 fully saturated rings. The lowest BCUT2D eigenvalue weighted by Gasteiger charge is -2.28. The molecule has 1 aliphatic heterocycles. The van der Waals surface area contributed by atoms with Crippen molar-refractivity contribution in [2.75, 3.05) is 5.32 Å². The van der Waals surface area contributed by atoms with Crippen molar-refractivity contribution in [1.29, 1.82) is 0 Å². The summed E-state index contributed by atoms with van der Waals surface area (Å²) in [4.78, 5) is 12.0. The zero-order valence-corrected chi connectivity index (χ0v) is 11.3. The van der Waals surface area contributed by atoms with E-state index in [1.54, 1.807) is 6.07 Å². The van der Waals surface area contributed by atoms with E-state index >= 15 is 0 Å². The van der Waals surface area contributed by atoms with E-state index < -0.39 is 0 Å². The van der Waals surface area contributed by atoms with Gasteiger partial charge in [0, 0.05) is 22.3 Å². The molecule has 5 heteroatoms. The van der Waals surface area contributed by atoms with Crippen LogP contribution >= 0.6 is 11.6 Å². The highest BCUT2D eigenvalue weighted by molar-refractivity contribution is 6.31. The number of aliphatic hydroxyl groups excluding tert-OH is 1. The van der Waals surface area contributed by atoms with E-state index in [9.17, 15) is 9.90 Å². The minimum absolute atomic E-state index is 0.0441. The Hall–Kier alpha value is -1.10. The third kappa shape index (κ3) is 2.61. The van der Waals surface area contributed by atoms with Crippen molar-refractivity contribution in [2.24, 2.45) is 0 Å². The van der Waals surface area contributed by atoms with E-state index in [1.165, 1.54) is 0 Å². The van der Waals surface area contributed by atoms with Gasteiger partial charge in [-0.25, -0.2) is 0 Å². The quantitative estimate of drug-likeness (QED) is 0.778. The lowest BCUT2D eigenvalue weighted by atomic mass is 9.92. The summed E-state index contributed by atoms with van der Waals surface area (Å²) in [5.41, 5.74) is 1.72. The summed E-state index contributed by atoms with van der Waals surface area (Å²) in [6.45, 7) is 0. The Bertz CT molecular complexity index is 506. The molecule has 0 radical (unpaired) electrons. The molecule has 1 aromatic rings. The van der Waals surface area contributed by atoms with Crippen LogP contribution in [0.3, 0.4) is 0 Å². The largest absolute Gasteiger partial charge is 0.393 e. The molecular formula is C14H17ClN2O2. The molecule has 19 heavy (non-hydrogen) atoms. The number of fused-ring (bicyclic) bond motifs is 1. The molecule has 3 atom stereocenters. The molecule has 0 aromatic heterocycles. The molecule has 4 nitrogen and oxygen atoms in total. The van der Waals surface area contributed by atoms with E-state index in [2.05, 4.69) is 10.6 Å². The molecule has 1 amide bonds. The fourth-order valence-corrected chi connectivity index (χ4v) is 3.13. The van der Waals surface area contributed by atoms with Crippen LogP contribution in [-0.4, -0.2) is 23.2 Å². The molecule has 1 aliphatic carbocycles. The van der Waals surface area contributed by atoms with Gasteiger partial charge in [-0.15, -0.1) is 0 Å². The van der Waals surface area contributed by atoms with Gasteiger partial charge in [-0.1, -0.05) is 11.6 Å². The molecule has 0 bridgehead atoms. The average Bonchev–Trinajstić information content (AvgIpc) is 2.66. The molecule has 1 aromatic carbocycles. The van der Waals surface area contributed by atoms with Gasteiger partial charge in [0.05, 0.1) is 6.10 Å². The van der Waals surface area contributed by atoms with Crippen molar-refractivity contribution in [3.63, 3.8) is 0 Å². The van der Waals surface area contributed by atoms with Gasteiger partial charge in [0.1, 0.15) is 6.04 Å². The molecule has 3 unspecified atom stereocenters. The highest BCUT2D eigenvalue weighted by Gasteiger charge is 2.33. The number of amides is 1. The molecule has 1 saturated carbocycles. The monoisotopic (exact) mass is 280 g/mol. The Morgan fingerprint density at radius 2 is 2.21 bits per heavy atom. The van der Waals surface area contributed by atoms with E-state index in [1.807, 2.05) is 12.1 Å². The van der Waals surface area contributed by atoms with Crippen LogP contribution in [0.25, 0.3) is 0 Å². The Labute approximate surface area is 117 Å². The Morgan fingerprint density at radius 3 is 3.00 bits per heavy atom. The number of carbonyl (C=O) groups is 1. The molecule has 2 aliphatic rings. The number of nitrogens with one attached hydrogen (secondary N) is 2. The van der Waals surface area contributed by atoms with Crippen LogP contribution in [-0.2, 0) is 4.79 Å². The van der Waals surface area contributed by atoms with E-state index in [-0.39, 0.29) is 24.1 Å². The zero-order valence-electron chi connectivity index (χ0n) is 10.5. The topological polar surface area (TPSA) is 61.4 Å². The Kier molecular flexibility index (Phi) is 3.48. The highest BCUT2D eigenvalue weighted by Crippen LogP contribution is 2.34. The number of hydrogen-bond acceptors (Lipinski definition) is 3. The first-order valence-electron chi connectivity index (χ1n) is 6.68. The molecular weight excluding hydrogens is 264 g/mol. The second kappa shape index (κ2) is 5.12. The van der Waals surface area contributed by atoms with E-state index in [4.69, 9.17) is 11.6 Å². The number of aliphatic hydroxyl groups is 1. The maximum Gasteiger partial charge on any atom is 0.246 e. The van der Waals surface area contributed by atoms with Gasteiger partial charge in [-0.05, 0) is 43.9 Å². The summed E-state index contributed by atoms with van der Waals surface area (Å²) in [6.07, 6.45) is 3.30. The minimum atomic E-state index is -0.357. The van der Waals surface area contributed by atoms with Crippen LogP contribution in [0.5, 0.6) is 0 Å². The van der Waals surface area contributed by atoms with Crippen LogP contribution in [0, 0.1) is 0 Å². The van der Waals surface area contributed by atoms with Gasteiger partial charge in [0.2, 0.25) is 5.91 Å². The summed E-state index contributed by atoms with van der Waals surface area (Å²) in [5, 5.41) is 16.5. The van der Waals surface area contributed by atoms with Crippen molar-refractivity contribution in [2.45, 2.75) is 43.9 Å². The smallest absolute Gasteiger partial charge is 0.246 e. The van der Waals surface area contributed by atoms with Crippen LogP contribution in [0.4, 0.5) is 5.69 Å². The second-order valence-electron chi connectivity index (χ2n) is 5.34. The summed E-state index contributed by atoms with van der Waals surface area (Å²) in [5.74, 6) is -0.0441. The SMILES string of the molecule is O=C1Nc2ccc(Cl)cc2C1NC1CCCC(O)C1. The van der Waals surface area contributed by atoms with Gasteiger partial charge in [0.15, 0.2) is 0 Å². The van der Waals surface area contributed by atoms with Crippen LogP contribution < -0.4 is 10.6 Å². The number of halogens is 1. The fraction of sp³-hybridized carbons (Fsp3) is 0.500.